The normalized spacial score (nSPS) is 13.2. The number of amides is 2. The molecule has 2 aromatic carbocycles. The molecule has 0 fully saturated rings. The molecule has 1 heterocycles. The molecule has 5 heteroatoms. The fourth-order valence-electron chi connectivity index (χ4n) is 3.13. The Morgan fingerprint density at radius 3 is 2.27 bits per heavy atom. The molecule has 26 heavy (non-hydrogen) atoms. The Hall–Kier alpha value is -2.66. The van der Waals surface area contributed by atoms with Gasteiger partial charge in [-0.25, -0.2) is 0 Å². The molecule has 2 amide bonds. The van der Waals surface area contributed by atoms with Crippen LogP contribution in [-0.2, 0) is 6.54 Å². The molecule has 0 unspecified atom stereocenters. The molecule has 0 bridgehead atoms. The summed E-state index contributed by atoms with van der Waals surface area (Å²) in [5.74, 6) is 0.557. The van der Waals surface area contributed by atoms with Crippen molar-refractivity contribution in [2.45, 2.75) is 26.3 Å². The Morgan fingerprint density at radius 1 is 0.923 bits per heavy atom. The molecular formula is C21H24N2O3. The molecule has 0 atom stereocenters. The summed E-state index contributed by atoms with van der Waals surface area (Å²) >= 11 is 0. The second kappa shape index (κ2) is 8.63. The van der Waals surface area contributed by atoms with Crippen molar-refractivity contribution in [3.8, 4) is 5.75 Å². The lowest BCUT2D eigenvalue weighted by Gasteiger charge is -2.14. The molecule has 0 radical (unpaired) electrons. The lowest BCUT2D eigenvalue weighted by Crippen LogP contribution is -2.31. The summed E-state index contributed by atoms with van der Waals surface area (Å²) in [6, 6.07) is 15.0. The van der Waals surface area contributed by atoms with Crippen LogP contribution in [0.2, 0.25) is 0 Å². The molecule has 136 valence electrons. The third kappa shape index (κ3) is 3.94. The Bertz CT molecular complexity index is 753. The van der Waals surface area contributed by atoms with Crippen LogP contribution in [0.1, 0.15) is 46.0 Å². The van der Waals surface area contributed by atoms with Gasteiger partial charge in [0, 0.05) is 18.7 Å². The average molecular weight is 352 g/mol. The Balaban J connectivity index is 1.41. The van der Waals surface area contributed by atoms with Gasteiger partial charge in [-0.1, -0.05) is 30.3 Å². The molecule has 0 saturated carbocycles. The molecule has 2 aromatic rings. The van der Waals surface area contributed by atoms with Gasteiger partial charge in [0.1, 0.15) is 5.75 Å². The molecule has 1 N–H and O–H groups in total. The van der Waals surface area contributed by atoms with Crippen LogP contribution < -0.4 is 10.1 Å². The summed E-state index contributed by atoms with van der Waals surface area (Å²) in [6.07, 6.45) is 1.68. The highest BCUT2D eigenvalue weighted by molar-refractivity contribution is 6.21. The molecule has 1 aliphatic rings. The summed E-state index contributed by atoms with van der Waals surface area (Å²) in [5.41, 5.74) is 2.17. The van der Waals surface area contributed by atoms with Crippen molar-refractivity contribution in [1.82, 2.24) is 10.2 Å². The topological polar surface area (TPSA) is 58.6 Å². The zero-order chi connectivity index (χ0) is 18.4. The van der Waals surface area contributed by atoms with Crippen LogP contribution >= 0.6 is 0 Å². The van der Waals surface area contributed by atoms with Gasteiger partial charge in [-0.15, -0.1) is 0 Å². The van der Waals surface area contributed by atoms with Crippen LogP contribution in [-0.4, -0.2) is 36.4 Å². The van der Waals surface area contributed by atoms with E-state index < -0.39 is 0 Å². The van der Waals surface area contributed by atoms with Crippen molar-refractivity contribution in [3.05, 3.63) is 65.2 Å². The van der Waals surface area contributed by atoms with Gasteiger partial charge >= 0.3 is 0 Å². The van der Waals surface area contributed by atoms with Crippen molar-refractivity contribution in [1.29, 1.82) is 0 Å². The third-order valence-electron chi connectivity index (χ3n) is 4.45. The second-order valence-electron chi connectivity index (χ2n) is 6.23. The first-order valence-corrected chi connectivity index (χ1v) is 9.09. The predicted molar refractivity (Wildman–Crippen MR) is 100 cm³/mol. The Morgan fingerprint density at radius 2 is 1.58 bits per heavy atom. The van der Waals surface area contributed by atoms with E-state index in [1.54, 1.807) is 24.3 Å². The number of hydrogen-bond acceptors (Lipinski definition) is 4. The zero-order valence-electron chi connectivity index (χ0n) is 15.0. The van der Waals surface area contributed by atoms with E-state index >= 15 is 0 Å². The van der Waals surface area contributed by atoms with Crippen LogP contribution in [0.4, 0.5) is 0 Å². The van der Waals surface area contributed by atoms with Gasteiger partial charge in [-0.2, -0.15) is 0 Å². The van der Waals surface area contributed by atoms with E-state index in [1.807, 2.05) is 25.1 Å². The van der Waals surface area contributed by atoms with Gasteiger partial charge in [-0.3, -0.25) is 14.5 Å². The number of nitrogens with zero attached hydrogens (tertiary/aromatic N) is 1. The minimum atomic E-state index is -0.177. The number of ether oxygens (including phenoxy) is 1. The fraction of sp³-hybridized carbons (Fsp3) is 0.333. The van der Waals surface area contributed by atoms with E-state index in [-0.39, 0.29) is 11.8 Å². The summed E-state index contributed by atoms with van der Waals surface area (Å²) in [6.45, 7) is 4.65. The number of imide groups is 1. The summed E-state index contributed by atoms with van der Waals surface area (Å²) in [5, 5.41) is 3.40. The van der Waals surface area contributed by atoms with E-state index in [2.05, 4.69) is 11.4 Å². The molecule has 0 saturated heterocycles. The van der Waals surface area contributed by atoms with Gasteiger partial charge in [0.15, 0.2) is 0 Å². The molecule has 0 spiro atoms. The maximum atomic E-state index is 12.3. The molecule has 5 nitrogen and oxygen atoms in total. The fourth-order valence-corrected chi connectivity index (χ4v) is 3.13. The van der Waals surface area contributed by atoms with E-state index in [9.17, 15) is 9.59 Å². The van der Waals surface area contributed by atoms with Crippen LogP contribution in [0, 0.1) is 0 Å². The summed E-state index contributed by atoms with van der Waals surface area (Å²) < 4.78 is 5.62. The first-order valence-electron chi connectivity index (χ1n) is 9.09. The first kappa shape index (κ1) is 18.1. The number of rotatable bonds is 9. The van der Waals surface area contributed by atoms with Crippen LogP contribution in [0.3, 0.4) is 0 Å². The van der Waals surface area contributed by atoms with Crippen molar-refractivity contribution in [2.75, 3.05) is 19.7 Å². The van der Waals surface area contributed by atoms with Crippen LogP contribution in [0.5, 0.6) is 5.75 Å². The number of fused-ring (bicyclic) bond motifs is 1. The largest absolute Gasteiger partial charge is 0.494 e. The molecular weight excluding hydrogens is 328 g/mol. The lowest BCUT2D eigenvalue weighted by atomic mass is 10.1. The number of nitrogens with one attached hydrogen (secondary N) is 1. The number of hydrogen-bond donors (Lipinski definition) is 1. The molecule has 1 aliphatic heterocycles. The lowest BCUT2D eigenvalue weighted by molar-refractivity contribution is 0.0651. The van der Waals surface area contributed by atoms with Crippen molar-refractivity contribution in [3.63, 3.8) is 0 Å². The minimum Gasteiger partial charge on any atom is -0.494 e. The first-order chi connectivity index (χ1) is 12.7. The van der Waals surface area contributed by atoms with Gasteiger partial charge in [0.2, 0.25) is 0 Å². The number of benzene rings is 2. The SMILES string of the molecule is CCOc1ccccc1CNCCCCN1C(=O)c2ccccc2C1=O. The quantitative estimate of drug-likeness (QED) is 0.556. The number of carbonyl (C=O) groups excluding carboxylic acids is 2. The Kier molecular flexibility index (Phi) is 6.02. The molecule has 3 rings (SSSR count). The highest BCUT2D eigenvalue weighted by Crippen LogP contribution is 2.22. The smallest absolute Gasteiger partial charge is 0.261 e. The predicted octanol–water partition coefficient (Wildman–Crippen LogP) is 3.25. The number of para-hydroxylation sites is 1. The highest BCUT2D eigenvalue weighted by atomic mass is 16.5. The zero-order valence-corrected chi connectivity index (χ0v) is 15.0. The van der Waals surface area contributed by atoms with E-state index in [0.717, 1.165) is 37.2 Å². The van der Waals surface area contributed by atoms with E-state index in [4.69, 9.17) is 4.74 Å². The number of carbonyl (C=O) groups is 2. The van der Waals surface area contributed by atoms with Gasteiger partial charge in [0.05, 0.1) is 17.7 Å². The van der Waals surface area contributed by atoms with E-state index in [0.29, 0.717) is 24.3 Å². The van der Waals surface area contributed by atoms with Crippen molar-refractivity contribution >= 4 is 11.8 Å². The minimum absolute atomic E-state index is 0.177. The van der Waals surface area contributed by atoms with Gasteiger partial charge in [0.25, 0.3) is 11.8 Å². The average Bonchev–Trinajstić information content (AvgIpc) is 2.91. The standard InChI is InChI=1S/C21H24N2O3/c1-2-26-19-12-6-3-9-16(19)15-22-13-7-8-14-23-20(24)17-10-4-5-11-18(17)21(23)25/h3-6,9-12,22H,2,7-8,13-15H2,1H3. The molecule has 0 aliphatic carbocycles. The highest BCUT2D eigenvalue weighted by Gasteiger charge is 2.34. The second-order valence-corrected chi connectivity index (χ2v) is 6.23. The molecule has 0 aromatic heterocycles. The maximum absolute atomic E-state index is 12.3. The summed E-state index contributed by atoms with van der Waals surface area (Å²) in [7, 11) is 0. The van der Waals surface area contributed by atoms with Crippen molar-refractivity contribution in [2.24, 2.45) is 0 Å². The van der Waals surface area contributed by atoms with Gasteiger partial charge in [-0.05, 0) is 44.5 Å². The van der Waals surface area contributed by atoms with Crippen LogP contribution in [0.25, 0.3) is 0 Å². The van der Waals surface area contributed by atoms with Crippen LogP contribution in [0.15, 0.2) is 48.5 Å². The summed E-state index contributed by atoms with van der Waals surface area (Å²) in [4.78, 5) is 25.9. The third-order valence-corrected chi connectivity index (χ3v) is 4.45. The van der Waals surface area contributed by atoms with Gasteiger partial charge < -0.3 is 10.1 Å². The van der Waals surface area contributed by atoms with E-state index in [1.165, 1.54) is 4.90 Å². The maximum Gasteiger partial charge on any atom is 0.261 e. The van der Waals surface area contributed by atoms with Crippen molar-refractivity contribution < 1.29 is 14.3 Å². The Labute approximate surface area is 154 Å². The number of unbranched alkanes of at least 4 members (excludes halogenated alkanes) is 1. The monoisotopic (exact) mass is 352 g/mol.